The molecule has 0 spiro atoms. The van der Waals surface area contributed by atoms with E-state index >= 15 is 0 Å². The zero-order valence-electron chi connectivity index (χ0n) is 11.7. The molecule has 0 amide bonds. The highest BCUT2D eigenvalue weighted by atomic mass is 79.9. The fraction of sp³-hybridized carbons (Fsp3) is 0.125. The second-order valence-electron chi connectivity index (χ2n) is 4.75. The van der Waals surface area contributed by atoms with Crippen LogP contribution in [0.2, 0.25) is 0 Å². The van der Waals surface area contributed by atoms with E-state index < -0.39 is 0 Å². The van der Waals surface area contributed by atoms with E-state index in [1.165, 1.54) is 12.3 Å². The van der Waals surface area contributed by atoms with Crippen LogP contribution in [0.3, 0.4) is 0 Å². The molecule has 0 unspecified atom stereocenters. The fourth-order valence-electron chi connectivity index (χ4n) is 2.05. The number of rotatable bonds is 5. The Bertz CT molecular complexity index is 777. The third-order valence-electron chi connectivity index (χ3n) is 3.12. The van der Waals surface area contributed by atoms with Crippen LogP contribution in [0.25, 0.3) is 10.9 Å². The summed E-state index contributed by atoms with van der Waals surface area (Å²) < 4.78 is 13.7. The molecule has 0 radical (unpaired) electrons. The topological polar surface area (TPSA) is 49.8 Å². The SMILES string of the molecule is Fc1ccc(NCCNc2ccc3ccc(Br)cc3n2)nc1. The molecule has 112 valence electrons. The Morgan fingerprint density at radius 1 is 0.955 bits per heavy atom. The van der Waals surface area contributed by atoms with Crippen molar-refractivity contribution in [3.05, 3.63) is 59.0 Å². The second kappa shape index (κ2) is 6.70. The van der Waals surface area contributed by atoms with Gasteiger partial charge in [0.05, 0.1) is 11.7 Å². The quantitative estimate of drug-likeness (QED) is 0.673. The van der Waals surface area contributed by atoms with E-state index in [9.17, 15) is 4.39 Å². The summed E-state index contributed by atoms with van der Waals surface area (Å²) in [6, 6.07) is 13.0. The van der Waals surface area contributed by atoms with Crippen molar-refractivity contribution in [2.45, 2.75) is 0 Å². The molecular weight excluding hydrogens is 347 g/mol. The van der Waals surface area contributed by atoms with E-state index in [0.717, 1.165) is 21.2 Å². The lowest BCUT2D eigenvalue weighted by Crippen LogP contribution is -2.14. The van der Waals surface area contributed by atoms with Gasteiger partial charge in [0.15, 0.2) is 0 Å². The van der Waals surface area contributed by atoms with Gasteiger partial charge in [-0.3, -0.25) is 0 Å². The van der Waals surface area contributed by atoms with Crippen molar-refractivity contribution < 1.29 is 4.39 Å². The van der Waals surface area contributed by atoms with E-state index in [1.54, 1.807) is 6.07 Å². The number of hydrogen-bond donors (Lipinski definition) is 2. The Kier molecular flexibility index (Phi) is 4.48. The Morgan fingerprint density at radius 2 is 1.68 bits per heavy atom. The van der Waals surface area contributed by atoms with Crippen LogP contribution in [0.5, 0.6) is 0 Å². The first-order chi connectivity index (χ1) is 10.7. The third kappa shape index (κ3) is 3.71. The van der Waals surface area contributed by atoms with Crippen LogP contribution in [0, 0.1) is 5.82 Å². The van der Waals surface area contributed by atoms with Gasteiger partial charge in [0.1, 0.15) is 17.5 Å². The summed E-state index contributed by atoms with van der Waals surface area (Å²) in [6.45, 7) is 1.35. The van der Waals surface area contributed by atoms with Gasteiger partial charge in [-0.05, 0) is 36.4 Å². The van der Waals surface area contributed by atoms with Gasteiger partial charge in [-0.15, -0.1) is 0 Å². The van der Waals surface area contributed by atoms with Gasteiger partial charge in [0.2, 0.25) is 0 Å². The van der Waals surface area contributed by atoms with Crippen LogP contribution in [-0.2, 0) is 0 Å². The molecule has 2 heterocycles. The summed E-state index contributed by atoms with van der Waals surface area (Å²) in [7, 11) is 0. The molecule has 0 saturated carbocycles. The smallest absolute Gasteiger partial charge is 0.141 e. The van der Waals surface area contributed by atoms with Gasteiger partial charge in [-0.25, -0.2) is 14.4 Å². The molecule has 0 bridgehead atoms. The monoisotopic (exact) mass is 360 g/mol. The summed E-state index contributed by atoms with van der Waals surface area (Å²) in [5.41, 5.74) is 0.938. The van der Waals surface area contributed by atoms with Crippen molar-refractivity contribution in [1.29, 1.82) is 0 Å². The van der Waals surface area contributed by atoms with Crippen molar-refractivity contribution in [1.82, 2.24) is 9.97 Å². The van der Waals surface area contributed by atoms with Crippen molar-refractivity contribution in [2.75, 3.05) is 23.7 Å². The van der Waals surface area contributed by atoms with Crippen LogP contribution in [0.1, 0.15) is 0 Å². The summed E-state index contributed by atoms with van der Waals surface area (Å²) >= 11 is 3.45. The van der Waals surface area contributed by atoms with E-state index in [4.69, 9.17) is 0 Å². The van der Waals surface area contributed by atoms with E-state index in [0.29, 0.717) is 18.9 Å². The van der Waals surface area contributed by atoms with Crippen LogP contribution in [0.15, 0.2) is 53.1 Å². The van der Waals surface area contributed by atoms with Crippen LogP contribution in [-0.4, -0.2) is 23.1 Å². The lowest BCUT2D eigenvalue weighted by Gasteiger charge is -2.08. The Balaban J connectivity index is 1.56. The first-order valence-electron chi connectivity index (χ1n) is 6.86. The molecule has 2 aromatic heterocycles. The molecule has 0 fully saturated rings. The van der Waals surface area contributed by atoms with Gasteiger partial charge in [-0.1, -0.05) is 22.0 Å². The molecule has 1 aromatic carbocycles. The van der Waals surface area contributed by atoms with E-state index in [-0.39, 0.29) is 5.82 Å². The molecule has 3 aromatic rings. The number of hydrogen-bond acceptors (Lipinski definition) is 4. The number of benzene rings is 1. The maximum Gasteiger partial charge on any atom is 0.141 e. The number of pyridine rings is 2. The van der Waals surface area contributed by atoms with Crippen molar-refractivity contribution in [2.24, 2.45) is 0 Å². The fourth-order valence-corrected chi connectivity index (χ4v) is 2.40. The summed E-state index contributed by atoms with van der Waals surface area (Å²) in [5, 5.41) is 7.46. The van der Waals surface area contributed by atoms with Crippen molar-refractivity contribution >= 4 is 38.5 Å². The molecule has 0 aliphatic heterocycles. The number of fused-ring (bicyclic) bond motifs is 1. The van der Waals surface area contributed by atoms with Crippen molar-refractivity contribution in [3.8, 4) is 0 Å². The Labute approximate surface area is 135 Å². The van der Waals surface area contributed by atoms with Gasteiger partial charge in [0, 0.05) is 22.9 Å². The van der Waals surface area contributed by atoms with Gasteiger partial charge < -0.3 is 10.6 Å². The first-order valence-corrected chi connectivity index (χ1v) is 7.66. The summed E-state index contributed by atoms with van der Waals surface area (Å²) in [5.74, 6) is 1.13. The number of aromatic nitrogens is 2. The number of anilines is 2. The minimum Gasteiger partial charge on any atom is -0.368 e. The highest BCUT2D eigenvalue weighted by Crippen LogP contribution is 2.19. The third-order valence-corrected chi connectivity index (χ3v) is 3.61. The minimum atomic E-state index is -0.338. The van der Waals surface area contributed by atoms with Crippen molar-refractivity contribution in [3.63, 3.8) is 0 Å². The molecule has 4 nitrogen and oxygen atoms in total. The molecule has 6 heteroatoms. The van der Waals surface area contributed by atoms with Crippen LogP contribution < -0.4 is 10.6 Å². The van der Waals surface area contributed by atoms with Crippen LogP contribution >= 0.6 is 15.9 Å². The predicted octanol–water partition coefficient (Wildman–Crippen LogP) is 4.06. The minimum absolute atomic E-state index is 0.338. The summed E-state index contributed by atoms with van der Waals surface area (Å²) in [4.78, 5) is 8.50. The molecule has 0 atom stereocenters. The zero-order chi connectivity index (χ0) is 15.4. The lowest BCUT2D eigenvalue weighted by atomic mass is 10.2. The van der Waals surface area contributed by atoms with E-state index in [2.05, 4.69) is 36.5 Å². The second-order valence-corrected chi connectivity index (χ2v) is 5.66. The number of nitrogens with one attached hydrogen (secondary N) is 2. The maximum atomic E-state index is 12.7. The molecular formula is C16H14BrFN4. The Morgan fingerprint density at radius 3 is 2.45 bits per heavy atom. The predicted molar refractivity (Wildman–Crippen MR) is 90.6 cm³/mol. The molecule has 0 aliphatic carbocycles. The molecule has 0 aliphatic rings. The molecule has 0 saturated heterocycles. The zero-order valence-corrected chi connectivity index (χ0v) is 13.3. The average molecular weight is 361 g/mol. The van der Waals surface area contributed by atoms with Gasteiger partial charge in [-0.2, -0.15) is 0 Å². The van der Waals surface area contributed by atoms with Gasteiger partial charge in [0.25, 0.3) is 0 Å². The first kappa shape index (κ1) is 14.7. The Hall–Kier alpha value is -2.21. The largest absolute Gasteiger partial charge is 0.368 e. The number of nitrogens with zero attached hydrogens (tertiary/aromatic N) is 2. The van der Waals surface area contributed by atoms with Gasteiger partial charge >= 0.3 is 0 Å². The standard InChI is InChI=1S/C16H14BrFN4/c17-12-3-1-11-2-5-16(22-14(11)9-12)20-8-7-19-15-6-4-13(18)10-21-15/h1-6,9-10H,7-8H2,(H,19,21)(H,20,22). The van der Waals surface area contributed by atoms with Crippen LogP contribution in [0.4, 0.5) is 16.0 Å². The van der Waals surface area contributed by atoms with E-state index in [1.807, 2.05) is 30.3 Å². The summed E-state index contributed by atoms with van der Waals surface area (Å²) in [6.07, 6.45) is 1.19. The normalized spacial score (nSPS) is 10.6. The molecule has 22 heavy (non-hydrogen) atoms. The highest BCUT2D eigenvalue weighted by molar-refractivity contribution is 9.10. The number of halogens is 2. The molecule has 3 rings (SSSR count). The lowest BCUT2D eigenvalue weighted by molar-refractivity contribution is 0.621. The maximum absolute atomic E-state index is 12.7. The highest BCUT2D eigenvalue weighted by Gasteiger charge is 1.99. The molecule has 2 N–H and O–H groups in total. The average Bonchev–Trinajstić information content (AvgIpc) is 2.53.